The number of nitrogens with zero attached hydrogens (tertiary/aromatic N) is 4. The van der Waals surface area contributed by atoms with Crippen molar-refractivity contribution in [3.8, 4) is 39.5 Å². The van der Waals surface area contributed by atoms with Crippen molar-refractivity contribution in [1.82, 2.24) is 30.3 Å². The van der Waals surface area contributed by atoms with Gasteiger partial charge in [0.15, 0.2) is 0 Å². The van der Waals surface area contributed by atoms with E-state index in [0.29, 0.717) is 33.0 Å². The lowest BCUT2D eigenvalue weighted by atomic mass is 9.96. The maximum absolute atomic E-state index is 15.8. The average Bonchev–Trinajstić information content (AvgIpc) is 3.76. The molecule has 0 aliphatic rings. The minimum atomic E-state index is -0.849. The summed E-state index contributed by atoms with van der Waals surface area (Å²) in [6, 6.07) is 11.0. The monoisotopic (exact) mass is 600 g/mol. The topological polar surface area (TPSA) is 118 Å². The summed E-state index contributed by atoms with van der Waals surface area (Å²) < 4.78 is 38.3. The van der Waals surface area contributed by atoms with Gasteiger partial charge in [0.05, 0.1) is 41.3 Å². The van der Waals surface area contributed by atoms with Crippen LogP contribution in [0.2, 0.25) is 0 Å². The van der Waals surface area contributed by atoms with Crippen LogP contribution in [-0.2, 0) is 11.8 Å². The number of aryl methyl sites for hydroxylation is 1. The van der Waals surface area contributed by atoms with Gasteiger partial charge in [-0.3, -0.25) is 14.6 Å². The number of aromatic nitrogens is 5. The fourth-order valence-electron chi connectivity index (χ4n) is 5.06. The van der Waals surface area contributed by atoms with Gasteiger partial charge in [0.2, 0.25) is 5.91 Å². The maximum Gasteiger partial charge on any atom is 0.243 e. The van der Waals surface area contributed by atoms with Crippen LogP contribution >= 0.6 is 11.3 Å². The standard InChI is InChI=1S/C31H26F2N6O3S/c1-4-26(41)35-16(2)22-14-23(38-37-22)30-28(27-21(33)12-19(32)13-25(27)42-9-8-40)31-20(7-10-43-31)29(36-30)17-5-6-24-18(11-17)15-34-39(24)3/h4-7,10-16,40H,1,8-9H2,2-3H3,(H,35,41)(H,37,38)/t16-/m1/s1. The Morgan fingerprint density at radius 1 is 1.21 bits per heavy atom. The van der Waals surface area contributed by atoms with Crippen molar-refractivity contribution in [2.45, 2.75) is 13.0 Å². The molecule has 0 aliphatic heterocycles. The molecular formula is C31H26F2N6O3S. The van der Waals surface area contributed by atoms with Crippen molar-refractivity contribution in [2.24, 2.45) is 7.05 Å². The molecule has 6 rings (SSSR count). The van der Waals surface area contributed by atoms with Crippen LogP contribution in [0.15, 0.2) is 66.7 Å². The predicted octanol–water partition coefficient (Wildman–Crippen LogP) is 5.92. The Balaban J connectivity index is 1.63. The number of aliphatic hydroxyl groups excluding tert-OH is 1. The lowest BCUT2D eigenvalue weighted by molar-refractivity contribution is -0.117. The quantitative estimate of drug-likeness (QED) is 0.177. The maximum atomic E-state index is 15.8. The zero-order valence-electron chi connectivity index (χ0n) is 23.2. The Hall–Kier alpha value is -4.94. The van der Waals surface area contributed by atoms with Crippen molar-refractivity contribution in [3.63, 3.8) is 0 Å². The Kier molecular flexibility index (Phi) is 7.46. The molecule has 12 heteroatoms. The van der Waals surface area contributed by atoms with Gasteiger partial charge in [-0.25, -0.2) is 13.8 Å². The number of carbonyl (C=O) groups is 1. The zero-order chi connectivity index (χ0) is 30.2. The van der Waals surface area contributed by atoms with E-state index in [0.717, 1.165) is 34.0 Å². The number of carbonyl (C=O) groups excluding carboxylic acids is 1. The minimum absolute atomic E-state index is 0.00313. The molecule has 0 bridgehead atoms. The molecule has 0 saturated heterocycles. The summed E-state index contributed by atoms with van der Waals surface area (Å²) in [6.45, 7) is 4.76. The molecule has 9 nitrogen and oxygen atoms in total. The summed E-state index contributed by atoms with van der Waals surface area (Å²) in [4.78, 5) is 17.0. The van der Waals surface area contributed by atoms with Crippen molar-refractivity contribution in [1.29, 1.82) is 0 Å². The first kappa shape index (κ1) is 28.2. The molecule has 218 valence electrons. The van der Waals surface area contributed by atoms with Gasteiger partial charge in [-0.2, -0.15) is 10.2 Å². The third kappa shape index (κ3) is 5.15. The van der Waals surface area contributed by atoms with E-state index in [1.54, 1.807) is 23.9 Å². The number of H-pyrrole nitrogens is 1. The highest BCUT2D eigenvalue weighted by molar-refractivity contribution is 7.18. The minimum Gasteiger partial charge on any atom is -0.490 e. The molecule has 0 aliphatic carbocycles. The van der Waals surface area contributed by atoms with Gasteiger partial charge >= 0.3 is 0 Å². The molecule has 2 aromatic carbocycles. The molecule has 0 unspecified atom stereocenters. The number of aromatic amines is 1. The van der Waals surface area contributed by atoms with E-state index in [1.165, 1.54) is 17.4 Å². The molecule has 0 fully saturated rings. The largest absolute Gasteiger partial charge is 0.490 e. The highest BCUT2D eigenvalue weighted by Gasteiger charge is 2.27. The Morgan fingerprint density at radius 2 is 2.05 bits per heavy atom. The molecule has 4 heterocycles. The Morgan fingerprint density at radius 3 is 2.84 bits per heavy atom. The van der Waals surface area contributed by atoms with E-state index in [9.17, 15) is 14.3 Å². The van der Waals surface area contributed by atoms with Crippen molar-refractivity contribution in [3.05, 3.63) is 84.0 Å². The molecule has 6 aromatic rings. The number of hydrogen-bond donors (Lipinski definition) is 3. The first-order valence-corrected chi connectivity index (χ1v) is 14.2. The van der Waals surface area contributed by atoms with Crippen LogP contribution in [0.4, 0.5) is 8.78 Å². The molecule has 1 atom stereocenters. The molecule has 0 saturated carbocycles. The van der Waals surface area contributed by atoms with E-state index >= 15 is 4.39 Å². The second kappa shape index (κ2) is 11.4. The second-order valence-corrected chi connectivity index (χ2v) is 10.8. The van der Waals surface area contributed by atoms with E-state index in [-0.39, 0.29) is 30.4 Å². The fraction of sp³-hybridized carbons (Fsp3) is 0.161. The molecular weight excluding hydrogens is 574 g/mol. The number of benzene rings is 2. The highest BCUT2D eigenvalue weighted by atomic mass is 32.1. The van der Waals surface area contributed by atoms with E-state index < -0.39 is 17.7 Å². The van der Waals surface area contributed by atoms with Gasteiger partial charge in [-0.05, 0) is 42.6 Å². The number of thiophene rings is 1. The molecule has 4 aromatic heterocycles. The highest BCUT2D eigenvalue weighted by Crippen LogP contribution is 2.47. The number of amides is 1. The summed E-state index contributed by atoms with van der Waals surface area (Å²) in [5.74, 6) is -2.09. The Bertz CT molecular complexity index is 2010. The summed E-state index contributed by atoms with van der Waals surface area (Å²) >= 11 is 1.38. The molecule has 3 N–H and O–H groups in total. The number of nitrogens with one attached hydrogen (secondary N) is 2. The third-order valence-electron chi connectivity index (χ3n) is 7.10. The number of ether oxygens (including phenoxy) is 1. The van der Waals surface area contributed by atoms with Crippen LogP contribution in [0.25, 0.3) is 54.8 Å². The molecule has 0 spiro atoms. The van der Waals surface area contributed by atoms with Crippen molar-refractivity contribution >= 4 is 38.2 Å². The van der Waals surface area contributed by atoms with Crippen molar-refractivity contribution < 1.29 is 23.4 Å². The van der Waals surface area contributed by atoms with Crippen LogP contribution < -0.4 is 10.1 Å². The number of rotatable bonds is 9. The average molecular weight is 601 g/mol. The first-order chi connectivity index (χ1) is 20.8. The zero-order valence-corrected chi connectivity index (χ0v) is 24.0. The third-order valence-corrected chi connectivity index (χ3v) is 8.03. The van der Waals surface area contributed by atoms with Crippen LogP contribution in [-0.4, -0.2) is 49.2 Å². The number of halogens is 2. The smallest absolute Gasteiger partial charge is 0.243 e. The van der Waals surface area contributed by atoms with Crippen LogP contribution in [0, 0.1) is 11.6 Å². The van der Waals surface area contributed by atoms with Crippen molar-refractivity contribution in [2.75, 3.05) is 13.2 Å². The number of fused-ring (bicyclic) bond motifs is 2. The fourth-order valence-corrected chi connectivity index (χ4v) is 6.01. The van der Waals surface area contributed by atoms with Gasteiger partial charge in [-0.1, -0.05) is 12.6 Å². The van der Waals surface area contributed by atoms with Gasteiger partial charge in [-0.15, -0.1) is 11.3 Å². The number of hydrogen-bond acceptors (Lipinski definition) is 7. The SMILES string of the molecule is C=CC(=O)N[C@H](C)c1cc(-c2nc(-c3ccc4c(cnn4C)c3)c3ccsc3c2-c2c(F)cc(F)cc2OCCO)n[nH]1. The lowest BCUT2D eigenvalue weighted by Gasteiger charge is -2.17. The number of pyridine rings is 1. The summed E-state index contributed by atoms with van der Waals surface area (Å²) in [7, 11) is 1.87. The van der Waals surface area contributed by atoms with Crippen LogP contribution in [0.1, 0.15) is 18.7 Å². The Labute approximate surface area is 248 Å². The van der Waals surface area contributed by atoms with E-state index in [4.69, 9.17) is 9.72 Å². The van der Waals surface area contributed by atoms with Crippen LogP contribution in [0.3, 0.4) is 0 Å². The summed E-state index contributed by atoms with van der Waals surface area (Å²) in [5, 5.41) is 27.5. The van der Waals surface area contributed by atoms with Crippen LogP contribution in [0.5, 0.6) is 5.75 Å². The molecule has 1 amide bonds. The van der Waals surface area contributed by atoms with Gasteiger partial charge in [0.1, 0.15) is 35.4 Å². The summed E-state index contributed by atoms with van der Waals surface area (Å²) in [6.07, 6.45) is 2.95. The first-order valence-electron chi connectivity index (χ1n) is 13.3. The molecule has 43 heavy (non-hydrogen) atoms. The van der Waals surface area contributed by atoms with Gasteiger partial charge in [0.25, 0.3) is 0 Å². The predicted molar refractivity (Wildman–Crippen MR) is 162 cm³/mol. The summed E-state index contributed by atoms with van der Waals surface area (Å²) in [5.41, 5.74) is 4.04. The van der Waals surface area contributed by atoms with E-state index in [2.05, 4.69) is 27.2 Å². The normalized spacial score (nSPS) is 12.1. The molecule has 0 radical (unpaired) electrons. The van der Waals surface area contributed by atoms with Gasteiger partial charge in [0, 0.05) is 45.8 Å². The van der Waals surface area contributed by atoms with Gasteiger partial charge < -0.3 is 15.2 Å². The second-order valence-electron chi connectivity index (χ2n) is 9.86. The van der Waals surface area contributed by atoms with E-state index in [1.807, 2.05) is 36.7 Å². The lowest BCUT2D eigenvalue weighted by Crippen LogP contribution is -2.24. The number of aliphatic hydroxyl groups is 1.